The maximum absolute atomic E-state index is 12.8. The van der Waals surface area contributed by atoms with E-state index < -0.39 is 12.1 Å². The molecule has 2 N–H and O–H groups in total. The third kappa shape index (κ3) is 2.81. The molecule has 25 heavy (non-hydrogen) atoms. The van der Waals surface area contributed by atoms with Crippen LogP contribution in [0, 0.1) is 0 Å². The first-order valence-electron chi connectivity index (χ1n) is 8.75. The van der Waals surface area contributed by atoms with Gasteiger partial charge in [-0.1, -0.05) is 36.4 Å². The molecule has 0 radical (unpaired) electrons. The molecule has 2 heterocycles. The van der Waals surface area contributed by atoms with E-state index in [0.717, 1.165) is 12.8 Å². The monoisotopic (exact) mass is 339 g/mol. The molecular weight excluding hydrogens is 318 g/mol. The third-order valence-electron chi connectivity index (χ3n) is 5.56. The minimum absolute atomic E-state index is 0.0254. The summed E-state index contributed by atoms with van der Waals surface area (Å²) in [6, 6.07) is 7.22. The second-order valence-corrected chi connectivity index (χ2v) is 7.01. The van der Waals surface area contributed by atoms with Crippen molar-refractivity contribution in [3.8, 4) is 0 Å². The highest BCUT2D eigenvalue weighted by Gasteiger charge is 2.40. The summed E-state index contributed by atoms with van der Waals surface area (Å²) in [6.07, 6.45) is 6.74. The van der Waals surface area contributed by atoms with Gasteiger partial charge in [-0.05, 0) is 30.4 Å². The zero-order valence-corrected chi connectivity index (χ0v) is 14.0. The Morgan fingerprint density at radius 1 is 1.16 bits per heavy atom. The van der Waals surface area contributed by atoms with E-state index in [1.165, 1.54) is 11.1 Å². The van der Waals surface area contributed by atoms with Gasteiger partial charge in [-0.3, -0.25) is 14.9 Å². The Morgan fingerprint density at radius 2 is 1.92 bits per heavy atom. The number of carbonyl (C=O) groups excluding carboxylic acids is 3. The first-order chi connectivity index (χ1) is 12.1. The average molecular weight is 339 g/mol. The van der Waals surface area contributed by atoms with Gasteiger partial charge in [0, 0.05) is 24.9 Å². The Hall–Kier alpha value is -2.63. The van der Waals surface area contributed by atoms with E-state index >= 15 is 0 Å². The molecule has 2 saturated heterocycles. The first kappa shape index (κ1) is 15.9. The Balaban J connectivity index is 1.44. The van der Waals surface area contributed by atoms with Crippen molar-refractivity contribution in [2.24, 2.45) is 0 Å². The van der Waals surface area contributed by atoms with Gasteiger partial charge in [-0.25, -0.2) is 4.79 Å². The predicted octanol–water partition coefficient (Wildman–Crippen LogP) is 1.56. The van der Waals surface area contributed by atoms with Crippen molar-refractivity contribution in [2.75, 3.05) is 13.1 Å². The summed E-state index contributed by atoms with van der Waals surface area (Å²) in [5.41, 5.74) is 2.64. The number of urea groups is 1. The molecule has 0 aromatic heterocycles. The molecule has 4 amide bonds. The average Bonchev–Trinajstić information content (AvgIpc) is 2.87. The molecule has 4 rings (SSSR count). The van der Waals surface area contributed by atoms with Gasteiger partial charge in [0.25, 0.3) is 0 Å². The largest absolute Gasteiger partial charge is 0.341 e. The second kappa shape index (κ2) is 6.02. The van der Waals surface area contributed by atoms with Gasteiger partial charge in [-0.15, -0.1) is 0 Å². The van der Waals surface area contributed by atoms with Crippen LogP contribution < -0.4 is 10.6 Å². The third-order valence-corrected chi connectivity index (χ3v) is 5.56. The van der Waals surface area contributed by atoms with Gasteiger partial charge in [-0.2, -0.15) is 0 Å². The number of nitrogens with one attached hydrogen (secondary N) is 2. The van der Waals surface area contributed by atoms with E-state index in [1.54, 1.807) is 0 Å². The van der Waals surface area contributed by atoms with Crippen LogP contribution in [0.1, 0.15) is 36.8 Å². The van der Waals surface area contributed by atoms with Crippen molar-refractivity contribution in [3.05, 3.63) is 41.5 Å². The number of imide groups is 1. The van der Waals surface area contributed by atoms with E-state index in [0.29, 0.717) is 19.5 Å². The minimum Gasteiger partial charge on any atom is -0.341 e. The summed E-state index contributed by atoms with van der Waals surface area (Å²) in [7, 11) is 0. The van der Waals surface area contributed by atoms with Crippen LogP contribution in [0.5, 0.6) is 0 Å². The van der Waals surface area contributed by atoms with Crippen LogP contribution in [-0.2, 0) is 15.0 Å². The Bertz CT molecular complexity index is 763. The normalized spacial score (nSPS) is 24.5. The molecule has 0 bridgehead atoms. The molecule has 2 aliphatic heterocycles. The summed E-state index contributed by atoms with van der Waals surface area (Å²) in [5.74, 6) is -0.423. The number of allylic oxidation sites excluding steroid dienone is 1. The fourth-order valence-corrected chi connectivity index (χ4v) is 4.13. The summed E-state index contributed by atoms with van der Waals surface area (Å²) in [5, 5.41) is 4.82. The van der Waals surface area contributed by atoms with Crippen molar-refractivity contribution < 1.29 is 14.4 Å². The van der Waals surface area contributed by atoms with Crippen LogP contribution in [0.3, 0.4) is 0 Å². The fraction of sp³-hybridized carbons (Fsp3) is 0.421. The number of amides is 4. The van der Waals surface area contributed by atoms with Crippen LogP contribution >= 0.6 is 0 Å². The maximum Gasteiger partial charge on any atom is 0.322 e. The highest BCUT2D eigenvalue weighted by molar-refractivity contribution is 5.98. The maximum atomic E-state index is 12.8. The number of hydrogen-bond acceptors (Lipinski definition) is 3. The minimum atomic E-state index is -0.619. The number of piperidine rings is 1. The van der Waals surface area contributed by atoms with E-state index in [4.69, 9.17) is 0 Å². The lowest BCUT2D eigenvalue weighted by atomic mass is 9.74. The van der Waals surface area contributed by atoms with Crippen molar-refractivity contribution in [1.82, 2.24) is 15.5 Å². The van der Waals surface area contributed by atoms with Crippen molar-refractivity contribution in [1.29, 1.82) is 0 Å². The topological polar surface area (TPSA) is 78.5 Å². The molecule has 2 fully saturated rings. The number of fused-ring (bicyclic) bond motifs is 2. The molecule has 1 aromatic rings. The van der Waals surface area contributed by atoms with E-state index in [9.17, 15) is 14.4 Å². The van der Waals surface area contributed by atoms with Crippen LogP contribution in [0.15, 0.2) is 30.3 Å². The molecule has 0 unspecified atom stereocenters. The van der Waals surface area contributed by atoms with Crippen LogP contribution in [0.2, 0.25) is 0 Å². The molecule has 1 aromatic carbocycles. The molecule has 130 valence electrons. The quantitative estimate of drug-likeness (QED) is 0.815. The highest BCUT2D eigenvalue weighted by Crippen LogP contribution is 2.43. The Kier molecular flexibility index (Phi) is 3.82. The van der Waals surface area contributed by atoms with Crippen molar-refractivity contribution in [2.45, 2.75) is 37.1 Å². The number of hydrogen-bond donors (Lipinski definition) is 2. The summed E-state index contributed by atoms with van der Waals surface area (Å²) >= 11 is 0. The predicted molar refractivity (Wildman–Crippen MR) is 92.7 cm³/mol. The standard InChI is InChI=1S/C19H21N3O3/c23-16-6-5-15(20-18(25)21-16)17(24)22-11-9-19(10-12-22)8-7-13-3-1-2-4-14(13)19/h1-4,7-8,15H,5-6,9-12H2,(H2,20,21,23,25)/t15-/m1/s1. The van der Waals surface area contributed by atoms with Crippen molar-refractivity contribution in [3.63, 3.8) is 0 Å². The molecule has 1 spiro atoms. The Morgan fingerprint density at radius 3 is 2.72 bits per heavy atom. The highest BCUT2D eigenvalue weighted by atomic mass is 16.2. The molecule has 3 aliphatic rings. The lowest BCUT2D eigenvalue weighted by Crippen LogP contribution is -2.53. The van der Waals surface area contributed by atoms with Gasteiger partial charge < -0.3 is 10.2 Å². The molecule has 1 atom stereocenters. The fourth-order valence-electron chi connectivity index (χ4n) is 4.13. The summed E-state index contributed by atoms with van der Waals surface area (Å²) in [4.78, 5) is 37.6. The van der Waals surface area contributed by atoms with E-state index in [2.05, 4.69) is 41.0 Å². The van der Waals surface area contributed by atoms with Gasteiger partial charge >= 0.3 is 6.03 Å². The van der Waals surface area contributed by atoms with Gasteiger partial charge in [0.2, 0.25) is 11.8 Å². The second-order valence-electron chi connectivity index (χ2n) is 7.01. The van der Waals surface area contributed by atoms with E-state index in [-0.39, 0.29) is 23.7 Å². The van der Waals surface area contributed by atoms with Crippen LogP contribution in [0.4, 0.5) is 4.79 Å². The molecular formula is C19H21N3O3. The zero-order chi connectivity index (χ0) is 17.4. The van der Waals surface area contributed by atoms with Gasteiger partial charge in [0.15, 0.2) is 0 Å². The van der Waals surface area contributed by atoms with Crippen molar-refractivity contribution >= 4 is 23.9 Å². The number of nitrogens with zero attached hydrogens (tertiary/aromatic N) is 1. The van der Waals surface area contributed by atoms with Gasteiger partial charge in [0.1, 0.15) is 6.04 Å². The lowest BCUT2D eigenvalue weighted by molar-refractivity contribution is -0.134. The zero-order valence-electron chi connectivity index (χ0n) is 14.0. The lowest BCUT2D eigenvalue weighted by Gasteiger charge is -2.40. The molecule has 6 heteroatoms. The smallest absolute Gasteiger partial charge is 0.322 e. The number of rotatable bonds is 1. The Labute approximate surface area is 146 Å². The van der Waals surface area contributed by atoms with Crippen LogP contribution in [-0.4, -0.2) is 41.9 Å². The summed E-state index contributed by atoms with van der Waals surface area (Å²) in [6.45, 7) is 1.32. The van der Waals surface area contributed by atoms with E-state index in [1.807, 2.05) is 11.0 Å². The number of likely N-dealkylation sites (tertiary alicyclic amines) is 1. The molecule has 6 nitrogen and oxygen atoms in total. The molecule has 0 saturated carbocycles. The molecule has 1 aliphatic carbocycles. The van der Waals surface area contributed by atoms with Crippen LogP contribution in [0.25, 0.3) is 6.08 Å². The first-order valence-corrected chi connectivity index (χ1v) is 8.75. The summed E-state index contributed by atoms with van der Waals surface area (Å²) < 4.78 is 0. The SMILES string of the molecule is O=C1CC[C@H](C(=O)N2CCC3(C=Cc4ccccc43)CC2)NC(=O)N1. The number of carbonyl (C=O) groups is 3. The number of benzene rings is 1. The van der Waals surface area contributed by atoms with Gasteiger partial charge in [0.05, 0.1) is 0 Å².